The van der Waals surface area contributed by atoms with Crippen LogP contribution in [0, 0.1) is 5.92 Å². The molecule has 1 N–H and O–H groups in total. The van der Waals surface area contributed by atoms with Gasteiger partial charge in [0.25, 0.3) is 5.79 Å². The van der Waals surface area contributed by atoms with Gasteiger partial charge in [0.05, 0.1) is 12.5 Å². The zero-order chi connectivity index (χ0) is 22.0. The molecule has 3 aliphatic rings. The summed E-state index contributed by atoms with van der Waals surface area (Å²) in [5, 5.41) is 2.94. The van der Waals surface area contributed by atoms with E-state index >= 15 is 0 Å². The number of likely N-dealkylation sites (tertiary alicyclic amines) is 1. The molecule has 1 atom stereocenters. The predicted octanol–water partition coefficient (Wildman–Crippen LogP) is 3.98. The van der Waals surface area contributed by atoms with Crippen LogP contribution >= 0.6 is 0 Å². The van der Waals surface area contributed by atoms with Crippen molar-refractivity contribution in [2.24, 2.45) is 5.92 Å². The van der Waals surface area contributed by atoms with Crippen molar-refractivity contribution in [3.63, 3.8) is 0 Å². The number of ether oxygens (including phenoxy) is 3. The van der Waals surface area contributed by atoms with Gasteiger partial charge in [-0.2, -0.15) is 0 Å². The maximum atomic E-state index is 12.8. The summed E-state index contributed by atoms with van der Waals surface area (Å²) in [4.78, 5) is 26.9. The molecular weight excluding hydrogens is 408 g/mol. The summed E-state index contributed by atoms with van der Waals surface area (Å²) in [5.74, 6) is 1.07. The SMILES string of the molecule is O=C(Nc1ccc2c(c1)OC1(CCCCC1)O2)[C@@H]1CC(=O)N(CCOc2ccccc2)C1. The van der Waals surface area contributed by atoms with Gasteiger partial charge in [-0.05, 0) is 37.1 Å². The summed E-state index contributed by atoms with van der Waals surface area (Å²) in [6.45, 7) is 1.26. The molecule has 168 valence electrons. The Morgan fingerprint density at radius 3 is 2.66 bits per heavy atom. The van der Waals surface area contributed by atoms with Gasteiger partial charge >= 0.3 is 0 Å². The maximum Gasteiger partial charge on any atom is 0.251 e. The van der Waals surface area contributed by atoms with E-state index in [1.165, 1.54) is 6.42 Å². The summed E-state index contributed by atoms with van der Waals surface area (Å²) in [6, 6.07) is 15.0. The van der Waals surface area contributed by atoms with Crippen LogP contribution in [0.3, 0.4) is 0 Å². The lowest BCUT2D eigenvalue weighted by atomic mass is 9.94. The first-order chi connectivity index (χ1) is 15.6. The minimum atomic E-state index is -0.538. The van der Waals surface area contributed by atoms with Crippen molar-refractivity contribution in [3.8, 4) is 17.2 Å². The van der Waals surface area contributed by atoms with Crippen LogP contribution in [0.5, 0.6) is 17.2 Å². The number of para-hydroxylation sites is 1. The van der Waals surface area contributed by atoms with Gasteiger partial charge in [-0.3, -0.25) is 9.59 Å². The fourth-order valence-electron chi connectivity index (χ4n) is 4.66. The average Bonchev–Trinajstić information content (AvgIpc) is 3.34. The topological polar surface area (TPSA) is 77.1 Å². The van der Waals surface area contributed by atoms with Crippen LogP contribution in [-0.4, -0.2) is 42.2 Å². The monoisotopic (exact) mass is 436 g/mol. The van der Waals surface area contributed by atoms with Crippen LogP contribution in [0.4, 0.5) is 5.69 Å². The number of amides is 2. The van der Waals surface area contributed by atoms with Gasteiger partial charge in [-0.25, -0.2) is 0 Å². The molecule has 2 aromatic carbocycles. The Balaban J connectivity index is 1.14. The highest BCUT2D eigenvalue weighted by atomic mass is 16.7. The lowest BCUT2D eigenvalue weighted by Gasteiger charge is -2.31. The Morgan fingerprint density at radius 1 is 1.06 bits per heavy atom. The Bertz CT molecular complexity index is 987. The molecule has 2 amide bonds. The molecule has 7 nitrogen and oxygen atoms in total. The minimum Gasteiger partial charge on any atom is -0.492 e. The molecular formula is C25H28N2O5. The first-order valence-electron chi connectivity index (χ1n) is 11.4. The van der Waals surface area contributed by atoms with E-state index in [2.05, 4.69) is 5.32 Å². The van der Waals surface area contributed by atoms with E-state index in [1.807, 2.05) is 48.5 Å². The number of nitrogens with zero attached hydrogens (tertiary/aromatic N) is 1. The molecule has 0 radical (unpaired) electrons. The lowest BCUT2D eigenvalue weighted by molar-refractivity contribution is -0.128. The Morgan fingerprint density at radius 2 is 1.84 bits per heavy atom. The summed E-state index contributed by atoms with van der Waals surface area (Å²) in [5.41, 5.74) is 0.656. The van der Waals surface area contributed by atoms with E-state index in [9.17, 15) is 9.59 Å². The standard InChI is InChI=1S/C25H28N2O5/c28-23-15-18(17-27(23)13-14-30-20-7-3-1-4-8-20)24(29)26-19-9-10-21-22(16-19)32-25(31-21)11-5-2-6-12-25/h1,3-4,7-10,16,18H,2,5-6,11-15,17H2,(H,26,29)/t18-/m1/s1. The van der Waals surface area contributed by atoms with Gasteiger partial charge in [-0.1, -0.05) is 24.6 Å². The summed E-state index contributed by atoms with van der Waals surface area (Å²) in [7, 11) is 0. The van der Waals surface area contributed by atoms with Crippen molar-refractivity contribution < 1.29 is 23.8 Å². The predicted molar refractivity (Wildman–Crippen MR) is 119 cm³/mol. The van der Waals surface area contributed by atoms with Gasteiger partial charge in [0.1, 0.15) is 12.4 Å². The Labute approximate surface area is 187 Å². The summed E-state index contributed by atoms with van der Waals surface area (Å²) < 4.78 is 17.9. The van der Waals surface area contributed by atoms with E-state index in [4.69, 9.17) is 14.2 Å². The number of carbonyl (C=O) groups excluding carboxylic acids is 2. The lowest BCUT2D eigenvalue weighted by Crippen LogP contribution is -2.40. The molecule has 5 rings (SSSR count). The zero-order valence-corrected chi connectivity index (χ0v) is 18.0. The van der Waals surface area contributed by atoms with Crippen LogP contribution < -0.4 is 19.5 Å². The second-order valence-electron chi connectivity index (χ2n) is 8.73. The molecule has 32 heavy (non-hydrogen) atoms. The normalized spacial score (nSPS) is 21.1. The second-order valence-corrected chi connectivity index (χ2v) is 8.73. The van der Waals surface area contributed by atoms with Crippen molar-refractivity contribution in [3.05, 3.63) is 48.5 Å². The van der Waals surface area contributed by atoms with E-state index in [1.54, 1.807) is 4.90 Å². The van der Waals surface area contributed by atoms with Gasteiger partial charge in [0.2, 0.25) is 11.8 Å². The molecule has 2 aliphatic heterocycles. The van der Waals surface area contributed by atoms with Crippen molar-refractivity contribution in [1.29, 1.82) is 0 Å². The number of hydrogen-bond acceptors (Lipinski definition) is 5. The molecule has 1 aliphatic carbocycles. The fourth-order valence-corrected chi connectivity index (χ4v) is 4.66. The molecule has 2 heterocycles. The highest BCUT2D eigenvalue weighted by Crippen LogP contribution is 2.46. The smallest absolute Gasteiger partial charge is 0.251 e. The molecule has 7 heteroatoms. The van der Waals surface area contributed by atoms with Gasteiger partial charge in [-0.15, -0.1) is 0 Å². The minimum absolute atomic E-state index is 0.0215. The number of rotatable bonds is 6. The number of carbonyl (C=O) groups is 2. The Hall–Kier alpha value is -3.22. The third kappa shape index (κ3) is 4.38. The van der Waals surface area contributed by atoms with Crippen LogP contribution in [0.2, 0.25) is 0 Å². The zero-order valence-electron chi connectivity index (χ0n) is 18.0. The number of fused-ring (bicyclic) bond motifs is 1. The van der Waals surface area contributed by atoms with Crippen LogP contribution in [0.25, 0.3) is 0 Å². The number of benzene rings is 2. The van der Waals surface area contributed by atoms with Crippen molar-refractivity contribution in [2.75, 3.05) is 25.0 Å². The van der Waals surface area contributed by atoms with Gasteiger partial charge in [0, 0.05) is 37.6 Å². The van der Waals surface area contributed by atoms with Crippen LogP contribution in [-0.2, 0) is 9.59 Å². The van der Waals surface area contributed by atoms with Crippen LogP contribution in [0.15, 0.2) is 48.5 Å². The first kappa shape index (κ1) is 20.7. The molecule has 1 saturated heterocycles. The molecule has 1 saturated carbocycles. The van der Waals surface area contributed by atoms with E-state index in [0.29, 0.717) is 31.1 Å². The van der Waals surface area contributed by atoms with E-state index in [0.717, 1.165) is 37.2 Å². The first-order valence-corrected chi connectivity index (χ1v) is 11.4. The summed E-state index contributed by atoms with van der Waals surface area (Å²) in [6.07, 6.45) is 5.39. The highest BCUT2D eigenvalue weighted by Gasteiger charge is 2.42. The molecule has 2 fully saturated rings. The third-order valence-corrected chi connectivity index (χ3v) is 6.38. The van der Waals surface area contributed by atoms with Crippen molar-refractivity contribution in [2.45, 2.75) is 44.3 Å². The fraction of sp³-hybridized carbons (Fsp3) is 0.440. The molecule has 1 spiro atoms. The maximum absolute atomic E-state index is 12.8. The van der Waals surface area contributed by atoms with Crippen LogP contribution in [0.1, 0.15) is 38.5 Å². The molecule has 2 aromatic rings. The second kappa shape index (κ2) is 8.73. The van der Waals surface area contributed by atoms with Gasteiger partial charge < -0.3 is 24.4 Å². The van der Waals surface area contributed by atoms with E-state index < -0.39 is 5.79 Å². The highest BCUT2D eigenvalue weighted by molar-refractivity contribution is 5.97. The number of anilines is 1. The van der Waals surface area contributed by atoms with Crippen molar-refractivity contribution >= 4 is 17.5 Å². The summed E-state index contributed by atoms with van der Waals surface area (Å²) >= 11 is 0. The van der Waals surface area contributed by atoms with E-state index in [-0.39, 0.29) is 24.2 Å². The Kier molecular flexibility index (Phi) is 5.64. The quantitative estimate of drug-likeness (QED) is 0.741. The number of hydrogen-bond donors (Lipinski definition) is 1. The molecule has 0 aromatic heterocycles. The average molecular weight is 437 g/mol. The van der Waals surface area contributed by atoms with Gasteiger partial charge in [0.15, 0.2) is 11.5 Å². The molecule has 0 unspecified atom stereocenters. The third-order valence-electron chi connectivity index (χ3n) is 6.38. The molecule has 0 bridgehead atoms. The van der Waals surface area contributed by atoms with Crippen molar-refractivity contribution in [1.82, 2.24) is 4.90 Å². The largest absolute Gasteiger partial charge is 0.492 e. The number of nitrogens with one attached hydrogen (secondary N) is 1.